The van der Waals surface area contributed by atoms with Gasteiger partial charge in [0.1, 0.15) is 0 Å². The Balaban J connectivity index is 1.47. The van der Waals surface area contributed by atoms with Crippen LogP contribution < -0.4 is 32.5 Å². The van der Waals surface area contributed by atoms with Crippen LogP contribution in [0, 0.1) is 0 Å². The molecular weight excluding hydrogens is 636 g/mol. The molecule has 0 aliphatic carbocycles. The van der Waals surface area contributed by atoms with Crippen LogP contribution in [0.4, 0.5) is 0 Å². The lowest BCUT2D eigenvalue weighted by Gasteiger charge is -2.29. The minimum atomic E-state index is -1.62. The number of benzene rings is 4. The second-order valence-electron chi connectivity index (χ2n) is 12.2. The van der Waals surface area contributed by atoms with E-state index in [9.17, 15) is 40.2 Å². The highest BCUT2D eigenvalue weighted by Gasteiger charge is 2.21. The lowest BCUT2D eigenvalue weighted by molar-refractivity contribution is 0.193. The van der Waals surface area contributed by atoms with E-state index in [-0.39, 0.29) is 0 Å². The molecule has 0 spiro atoms. The predicted molar refractivity (Wildman–Crippen MR) is 199 cm³/mol. The highest BCUT2D eigenvalue weighted by atomic mass is 16.4. The van der Waals surface area contributed by atoms with Gasteiger partial charge in [-0.05, 0) is 44.1 Å². The van der Waals surface area contributed by atoms with E-state index in [1.165, 1.54) is 0 Å². The van der Waals surface area contributed by atoms with E-state index in [1.807, 2.05) is 48.5 Å². The Morgan fingerprint density at radius 3 is 0.980 bits per heavy atom. The summed E-state index contributed by atoms with van der Waals surface area (Å²) in [6.45, 7) is 5.26. The highest BCUT2D eigenvalue weighted by Crippen LogP contribution is 2.08. The van der Waals surface area contributed by atoms with Gasteiger partial charge in [0, 0.05) is 65.4 Å². The van der Waals surface area contributed by atoms with Crippen molar-refractivity contribution in [2.24, 2.45) is 0 Å². The standard InChI is InChI=1S/C34H46B4N4O8/c43-35(44)31-13-5-1-9-27(31)23-39-17-19-41(25-29-11-3-7-15-33(29)37(47)48)21-22-42(26-30-12-4-8-16-34(30)38(49)50)20-18-40-24-28-10-2-6-14-32(28)36(45)46/h1-16,39-40,43-50H,17-26H2. The number of hydrogen-bond donors (Lipinski definition) is 10. The van der Waals surface area contributed by atoms with Crippen molar-refractivity contribution >= 4 is 50.3 Å². The predicted octanol–water partition coefficient (Wildman–Crippen LogP) is -3.71. The molecule has 0 saturated heterocycles. The van der Waals surface area contributed by atoms with Crippen LogP contribution in [0.3, 0.4) is 0 Å². The summed E-state index contributed by atoms with van der Waals surface area (Å²) in [4.78, 5) is 4.40. The molecule has 50 heavy (non-hydrogen) atoms. The fourth-order valence-electron chi connectivity index (χ4n) is 5.98. The molecule has 0 amide bonds. The van der Waals surface area contributed by atoms with Crippen LogP contribution in [-0.4, -0.2) is 118 Å². The molecule has 262 valence electrons. The van der Waals surface area contributed by atoms with Gasteiger partial charge in [-0.1, -0.05) is 97.1 Å². The first-order valence-corrected chi connectivity index (χ1v) is 16.8. The zero-order valence-corrected chi connectivity index (χ0v) is 28.1. The van der Waals surface area contributed by atoms with Gasteiger partial charge in [0.05, 0.1) is 0 Å². The molecule has 0 heterocycles. The second kappa shape index (κ2) is 20.5. The third-order valence-electron chi connectivity index (χ3n) is 8.69. The first-order valence-electron chi connectivity index (χ1n) is 16.8. The molecule has 4 aromatic rings. The van der Waals surface area contributed by atoms with Crippen LogP contribution in [-0.2, 0) is 26.2 Å². The van der Waals surface area contributed by atoms with Gasteiger partial charge in [0.15, 0.2) is 0 Å². The van der Waals surface area contributed by atoms with Crippen molar-refractivity contribution in [1.29, 1.82) is 0 Å². The average Bonchev–Trinajstić information content (AvgIpc) is 3.10. The van der Waals surface area contributed by atoms with Gasteiger partial charge in [0.25, 0.3) is 0 Å². The van der Waals surface area contributed by atoms with Gasteiger partial charge < -0.3 is 50.8 Å². The first-order chi connectivity index (χ1) is 24.1. The third kappa shape index (κ3) is 12.2. The molecule has 0 bridgehead atoms. The maximum Gasteiger partial charge on any atom is 0.488 e. The maximum absolute atomic E-state index is 10.0. The van der Waals surface area contributed by atoms with Crippen molar-refractivity contribution in [2.45, 2.75) is 26.2 Å². The van der Waals surface area contributed by atoms with E-state index in [0.717, 1.165) is 22.3 Å². The van der Waals surface area contributed by atoms with E-state index < -0.39 is 28.5 Å². The van der Waals surface area contributed by atoms with Crippen LogP contribution in [0.5, 0.6) is 0 Å². The summed E-state index contributed by atoms with van der Waals surface area (Å²) in [6, 6.07) is 28.6. The summed E-state index contributed by atoms with van der Waals surface area (Å²) >= 11 is 0. The van der Waals surface area contributed by atoms with Crippen LogP contribution in [0.1, 0.15) is 22.3 Å². The zero-order valence-electron chi connectivity index (χ0n) is 28.1. The minimum absolute atomic E-state index is 0.427. The quantitative estimate of drug-likeness (QED) is 0.0306. The fraction of sp³-hybridized carbons (Fsp3) is 0.294. The zero-order chi connectivity index (χ0) is 35.9. The Morgan fingerprint density at radius 1 is 0.380 bits per heavy atom. The van der Waals surface area contributed by atoms with E-state index in [1.54, 1.807) is 48.5 Å². The van der Waals surface area contributed by atoms with Crippen molar-refractivity contribution in [3.05, 3.63) is 119 Å². The van der Waals surface area contributed by atoms with Gasteiger partial charge in [-0.25, -0.2) is 0 Å². The molecule has 0 aliphatic heterocycles. The van der Waals surface area contributed by atoms with Crippen molar-refractivity contribution in [3.8, 4) is 0 Å². The molecule has 0 atom stereocenters. The molecule has 0 aliphatic rings. The van der Waals surface area contributed by atoms with Crippen LogP contribution in [0.25, 0.3) is 0 Å². The van der Waals surface area contributed by atoms with Crippen molar-refractivity contribution in [2.75, 3.05) is 39.3 Å². The minimum Gasteiger partial charge on any atom is -0.423 e. The smallest absolute Gasteiger partial charge is 0.423 e. The number of nitrogens with zero attached hydrogens (tertiary/aromatic N) is 2. The Hall–Kier alpha value is -3.34. The molecule has 16 heteroatoms. The molecule has 4 aromatic carbocycles. The summed E-state index contributed by atoms with van der Waals surface area (Å²) in [7, 11) is -6.37. The van der Waals surface area contributed by atoms with Crippen LogP contribution >= 0.6 is 0 Å². The van der Waals surface area contributed by atoms with Crippen molar-refractivity contribution < 1.29 is 40.2 Å². The lowest BCUT2D eigenvalue weighted by atomic mass is 9.77. The van der Waals surface area contributed by atoms with E-state index in [0.29, 0.717) is 87.3 Å². The number of hydrogen-bond acceptors (Lipinski definition) is 12. The van der Waals surface area contributed by atoms with Crippen molar-refractivity contribution in [3.63, 3.8) is 0 Å². The summed E-state index contributed by atoms with van der Waals surface area (Å²) in [6.07, 6.45) is 0. The Morgan fingerprint density at radius 2 is 0.660 bits per heavy atom. The summed E-state index contributed by atoms with van der Waals surface area (Å²) in [5.41, 5.74) is 4.86. The SMILES string of the molecule is OB(O)c1ccccc1CNCCN(CCN(CCNCc1ccccc1B(O)O)Cc1ccccc1B(O)O)Cc1ccccc1B(O)O. The third-order valence-corrected chi connectivity index (χ3v) is 8.69. The fourth-order valence-corrected chi connectivity index (χ4v) is 5.98. The highest BCUT2D eigenvalue weighted by molar-refractivity contribution is 6.60. The van der Waals surface area contributed by atoms with Gasteiger partial charge in [-0.15, -0.1) is 0 Å². The number of rotatable bonds is 21. The summed E-state index contributed by atoms with van der Waals surface area (Å²) in [5, 5.41) is 85.9. The molecule has 0 radical (unpaired) electrons. The van der Waals surface area contributed by atoms with Crippen LogP contribution in [0.2, 0.25) is 0 Å². The Bertz CT molecular complexity index is 1490. The number of nitrogens with one attached hydrogen (secondary N) is 2. The molecule has 0 unspecified atom stereocenters. The Kier molecular flexibility index (Phi) is 16.2. The molecule has 0 aromatic heterocycles. The maximum atomic E-state index is 10.0. The van der Waals surface area contributed by atoms with E-state index in [2.05, 4.69) is 20.4 Å². The first kappa shape index (κ1) is 39.4. The van der Waals surface area contributed by atoms with Gasteiger partial charge in [-0.3, -0.25) is 9.80 Å². The molecule has 12 nitrogen and oxygen atoms in total. The molecule has 0 fully saturated rings. The van der Waals surface area contributed by atoms with Crippen LogP contribution in [0.15, 0.2) is 97.1 Å². The Labute approximate surface area is 295 Å². The monoisotopic (exact) mass is 682 g/mol. The normalized spacial score (nSPS) is 11.3. The molecule has 4 rings (SSSR count). The van der Waals surface area contributed by atoms with E-state index >= 15 is 0 Å². The second-order valence-corrected chi connectivity index (χ2v) is 12.2. The molecule has 0 saturated carbocycles. The lowest BCUT2D eigenvalue weighted by Crippen LogP contribution is -2.43. The molecular formula is C34H46B4N4O8. The van der Waals surface area contributed by atoms with E-state index in [4.69, 9.17) is 0 Å². The van der Waals surface area contributed by atoms with Gasteiger partial charge in [0.2, 0.25) is 0 Å². The largest absolute Gasteiger partial charge is 0.488 e. The average molecular weight is 682 g/mol. The molecule has 10 N–H and O–H groups in total. The van der Waals surface area contributed by atoms with Gasteiger partial charge >= 0.3 is 28.5 Å². The topological polar surface area (TPSA) is 192 Å². The summed E-state index contributed by atoms with van der Waals surface area (Å²) < 4.78 is 0. The summed E-state index contributed by atoms with van der Waals surface area (Å²) in [5.74, 6) is 0. The van der Waals surface area contributed by atoms with Gasteiger partial charge in [-0.2, -0.15) is 0 Å². The van der Waals surface area contributed by atoms with Crippen molar-refractivity contribution in [1.82, 2.24) is 20.4 Å².